The molecule has 186 valence electrons. The van der Waals surface area contributed by atoms with E-state index in [1.54, 1.807) is 34.9 Å². The highest BCUT2D eigenvalue weighted by Crippen LogP contribution is 2.35. The first-order valence-electron chi connectivity index (χ1n) is 12.2. The Balaban J connectivity index is 1.50. The zero-order chi connectivity index (χ0) is 24.9. The van der Waals surface area contributed by atoms with E-state index < -0.39 is 11.9 Å². The predicted molar refractivity (Wildman–Crippen MR) is 131 cm³/mol. The number of hydrogen-bond acceptors (Lipinski definition) is 6. The maximum atomic E-state index is 13.4. The van der Waals surface area contributed by atoms with Gasteiger partial charge in [-0.3, -0.25) is 14.4 Å². The summed E-state index contributed by atoms with van der Waals surface area (Å²) in [5.41, 5.74) is 2.29. The molecule has 4 rings (SSSR count). The third kappa shape index (κ3) is 4.97. The highest BCUT2D eigenvalue weighted by molar-refractivity contribution is 6.09. The van der Waals surface area contributed by atoms with Crippen LogP contribution in [0.25, 0.3) is 0 Å². The fourth-order valence-corrected chi connectivity index (χ4v) is 4.92. The standard InChI is InChI=1S/C27H32N2O6/c1-4-34-20-10-11-21(24(17-20)33-3)25(30)28-14-12-19(13-15-28)29-23-9-7-6-8-18(23)16-22(26(29)31)27(32)35-5-2/h6-11,17,19,22H,4-5,12-16H2,1-3H3. The lowest BCUT2D eigenvalue weighted by Crippen LogP contribution is -2.54. The number of hydrogen-bond donors (Lipinski definition) is 0. The van der Waals surface area contributed by atoms with Crippen molar-refractivity contribution in [3.05, 3.63) is 53.6 Å². The Hall–Kier alpha value is -3.55. The summed E-state index contributed by atoms with van der Waals surface area (Å²) in [6.07, 6.45) is 1.57. The summed E-state index contributed by atoms with van der Waals surface area (Å²) >= 11 is 0. The summed E-state index contributed by atoms with van der Waals surface area (Å²) in [6, 6.07) is 12.8. The Kier molecular flexibility index (Phi) is 7.58. The Labute approximate surface area is 205 Å². The quantitative estimate of drug-likeness (QED) is 0.446. The van der Waals surface area contributed by atoms with Crippen LogP contribution in [0.4, 0.5) is 5.69 Å². The molecule has 1 unspecified atom stereocenters. The van der Waals surface area contributed by atoms with Crippen molar-refractivity contribution >= 4 is 23.5 Å². The van der Waals surface area contributed by atoms with Gasteiger partial charge in [0.05, 0.1) is 25.9 Å². The molecule has 0 aliphatic carbocycles. The lowest BCUT2D eigenvalue weighted by Gasteiger charge is -2.42. The first-order chi connectivity index (χ1) is 17.0. The fourth-order valence-electron chi connectivity index (χ4n) is 4.92. The van der Waals surface area contributed by atoms with E-state index in [1.165, 1.54) is 7.11 Å². The molecule has 1 saturated heterocycles. The second-order valence-electron chi connectivity index (χ2n) is 8.66. The number of ether oxygens (including phenoxy) is 3. The lowest BCUT2D eigenvalue weighted by molar-refractivity contribution is -0.151. The minimum Gasteiger partial charge on any atom is -0.496 e. The van der Waals surface area contributed by atoms with E-state index in [0.29, 0.717) is 56.0 Å². The minimum absolute atomic E-state index is 0.104. The number of piperidine rings is 1. The second kappa shape index (κ2) is 10.8. The van der Waals surface area contributed by atoms with Gasteiger partial charge >= 0.3 is 5.97 Å². The molecule has 2 aromatic carbocycles. The van der Waals surface area contributed by atoms with Gasteiger partial charge in [0.15, 0.2) is 0 Å². The maximum Gasteiger partial charge on any atom is 0.318 e. The number of esters is 1. The SMILES string of the molecule is CCOC(=O)C1Cc2ccccc2N(C2CCN(C(=O)c3ccc(OCC)cc3OC)CC2)C1=O. The van der Waals surface area contributed by atoms with Gasteiger partial charge in [0.1, 0.15) is 17.4 Å². The van der Waals surface area contributed by atoms with Crippen LogP contribution in [0.5, 0.6) is 11.5 Å². The van der Waals surface area contributed by atoms with Gasteiger partial charge in [-0.05, 0) is 56.9 Å². The van der Waals surface area contributed by atoms with Crippen molar-refractivity contribution in [2.24, 2.45) is 5.92 Å². The first-order valence-corrected chi connectivity index (χ1v) is 12.2. The van der Waals surface area contributed by atoms with E-state index in [9.17, 15) is 14.4 Å². The molecule has 2 amide bonds. The fraction of sp³-hybridized carbons (Fsp3) is 0.444. The molecular weight excluding hydrogens is 448 g/mol. The summed E-state index contributed by atoms with van der Waals surface area (Å²) < 4.78 is 16.1. The molecule has 0 radical (unpaired) electrons. The number of nitrogens with zero attached hydrogens (tertiary/aromatic N) is 2. The number of fused-ring (bicyclic) bond motifs is 1. The summed E-state index contributed by atoms with van der Waals surface area (Å²) in [5, 5.41) is 0. The number of carbonyl (C=O) groups is 3. The van der Waals surface area contributed by atoms with Crippen LogP contribution in [0.15, 0.2) is 42.5 Å². The monoisotopic (exact) mass is 480 g/mol. The zero-order valence-corrected chi connectivity index (χ0v) is 20.5. The Morgan fingerprint density at radius 1 is 1.03 bits per heavy atom. The maximum absolute atomic E-state index is 13.4. The first kappa shape index (κ1) is 24.6. The van der Waals surface area contributed by atoms with Crippen molar-refractivity contribution in [3.8, 4) is 11.5 Å². The van der Waals surface area contributed by atoms with Crippen LogP contribution in [0.2, 0.25) is 0 Å². The van der Waals surface area contributed by atoms with Crippen molar-refractivity contribution in [1.29, 1.82) is 0 Å². The van der Waals surface area contributed by atoms with Crippen LogP contribution in [-0.4, -0.2) is 62.1 Å². The Morgan fingerprint density at radius 3 is 2.46 bits per heavy atom. The van der Waals surface area contributed by atoms with Crippen LogP contribution < -0.4 is 14.4 Å². The van der Waals surface area contributed by atoms with Gasteiger partial charge in [-0.15, -0.1) is 0 Å². The topological polar surface area (TPSA) is 85.4 Å². The normalized spacial score (nSPS) is 18.1. The highest BCUT2D eigenvalue weighted by Gasteiger charge is 2.42. The number of rotatable bonds is 7. The highest BCUT2D eigenvalue weighted by atomic mass is 16.5. The molecule has 0 N–H and O–H groups in total. The third-order valence-electron chi connectivity index (χ3n) is 6.61. The summed E-state index contributed by atoms with van der Waals surface area (Å²) in [5.74, 6) is -0.526. The summed E-state index contributed by atoms with van der Waals surface area (Å²) in [4.78, 5) is 42.8. The average molecular weight is 481 g/mol. The van der Waals surface area contributed by atoms with Gasteiger partial charge in [-0.25, -0.2) is 0 Å². The molecule has 2 aliphatic heterocycles. The van der Waals surface area contributed by atoms with E-state index in [1.807, 2.05) is 31.2 Å². The molecular formula is C27H32N2O6. The molecule has 35 heavy (non-hydrogen) atoms. The van der Waals surface area contributed by atoms with Gasteiger partial charge in [0.25, 0.3) is 5.91 Å². The van der Waals surface area contributed by atoms with Gasteiger partial charge < -0.3 is 24.0 Å². The largest absolute Gasteiger partial charge is 0.496 e. The smallest absolute Gasteiger partial charge is 0.318 e. The van der Waals surface area contributed by atoms with Gasteiger partial charge in [0, 0.05) is 30.9 Å². The number of methoxy groups -OCH3 is 1. The molecule has 0 saturated carbocycles. The van der Waals surface area contributed by atoms with Crippen LogP contribution >= 0.6 is 0 Å². The number of amides is 2. The molecule has 8 heteroatoms. The molecule has 0 spiro atoms. The Bertz CT molecular complexity index is 1090. The number of benzene rings is 2. The molecule has 1 atom stereocenters. The van der Waals surface area contributed by atoms with E-state index in [2.05, 4.69) is 0 Å². The van der Waals surface area contributed by atoms with Crippen LogP contribution in [-0.2, 0) is 20.7 Å². The summed E-state index contributed by atoms with van der Waals surface area (Å²) in [6.45, 7) is 5.39. The summed E-state index contributed by atoms with van der Waals surface area (Å²) in [7, 11) is 1.54. The lowest BCUT2D eigenvalue weighted by atomic mass is 9.88. The number of para-hydroxylation sites is 1. The molecule has 8 nitrogen and oxygen atoms in total. The molecule has 0 aromatic heterocycles. The third-order valence-corrected chi connectivity index (χ3v) is 6.61. The van der Waals surface area contributed by atoms with Gasteiger partial charge in [0.2, 0.25) is 5.91 Å². The molecule has 2 aromatic rings. The van der Waals surface area contributed by atoms with Gasteiger partial charge in [-0.2, -0.15) is 0 Å². The predicted octanol–water partition coefficient (Wildman–Crippen LogP) is 3.47. The van der Waals surface area contributed by atoms with E-state index in [0.717, 1.165) is 11.3 Å². The van der Waals surface area contributed by atoms with Crippen LogP contribution in [0.1, 0.15) is 42.6 Å². The molecule has 2 aliphatic rings. The number of anilines is 1. The number of likely N-dealkylation sites (tertiary alicyclic amines) is 1. The molecule has 0 bridgehead atoms. The Morgan fingerprint density at radius 2 is 1.77 bits per heavy atom. The van der Waals surface area contributed by atoms with Crippen LogP contribution in [0, 0.1) is 5.92 Å². The van der Waals surface area contributed by atoms with Crippen molar-refractivity contribution in [3.63, 3.8) is 0 Å². The van der Waals surface area contributed by atoms with Crippen molar-refractivity contribution in [2.45, 2.75) is 39.2 Å². The van der Waals surface area contributed by atoms with Gasteiger partial charge in [-0.1, -0.05) is 18.2 Å². The minimum atomic E-state index is -0.836. The van der Waals surface area contributed by atoms with Crippen molar-refractivity contribution in [1.82, 2.24) is 4.90 Å². The van der Waals surface area contributed by atoms with E-state index in [-0.39, 0.29) is 24.5 Å². The zero-order valence-electron chi connectivity index (χ0n) is 20.5. The average Bonchev–Trinajstić information content (AvgIpc) is 2.88. The molecule has 2 heterocycles. The van der Waals surface area contributed by atoms with Crippen LogP contribution in [0.3, 0.4) is 0 Å². The van der Waals surface area contributed by atoms with Crippen molar-refractivity contribution in [2.75, 3.05) is 38.3 Å². The van der Waals surface area contributed by atoms with E-state index in [4.69, 9.17) is 14.2 Å². The second-order valence-corrected chi connectivity index (χ2v) is 8.66. The number of carbonyl (C=O) groups excluding carboxylic acids is 3. The molecule has 1 fully saturated rings. The van der Waals surface area contributed by atoms with E-state index >= 15 is 0 Å². The van der Waals surface area contributed by atoms with Crippen molar-refractivity contribution < 1.29 is 28.6 Å².